The Kier molecular flexibility index (Phi) is 4.26. The van der Waals surface area contributed by atoms with E-state index in [9.17, 15) is 18.0 Å². The number of benzene rings is 2. The van der Waals surface area contributed by atoms with Crippen molar-refractivity contribution in [1.29, 1.82) is 0 Å². The molecule has 0 unspecified atom stereocenters. The largest absolute Gasteiger partial charge is 0.416 e. The van der Waals surface area contributed by atoms with Crippen molar-refractivity contribution in [3.05, 3.63) is 88.6 Å². The lowest BCUT2D eigenvalue weighted by molar-refractivity contribution is -0.137. The van der Waals surface area contributed by atoms with E-state index in [4.69, 9.17) is 0 Å². The van der Waals surface area contributed by atoms with Crippen LogP contribution in [0.4, 0.5) is 13.2 Å². The summed E-state index contributed by atoms with van der Waals surface area (Å²) in [5, 5.41) is 8.38. The Morgan fingerprint density at radius 3 is 2.57 bits per heavy atom. The number of fused-ring (bicyclic) bond motifs is 1. The van der Waals surface area contributed by atoms with Crippen LogP contribution in [0.1, 0.15) is 11.1 Å². The van der Waals surface area contributed by atoms with Crippen LogP contribution >= 0.6 is 0 Å². The molecule has 4 aromatic rings. The van der Waals surface area contributed by atoms with Crippen molar-refractivity contribution in [2.75, 3.05) is 0 Å². The van der Waals surface area contributed by atoms with E-state index in [1.54, 1.807) is 0 Å². The highest BCUT2D eigenvalue weighted by atomic mass is 19.4. The Bertz CT molecular complexity index is 1230. The minimum absolute atomic E-state index is 0.210. The van der Waals surface area contributed by atoms with Gasteiger partial charge in [-0.15, -0.1) is 0 Å². The van der Waals surface area contributed by atoms with Crippen LogP contribution in [0.15, 0.2) is 77.0 Å². The number of aromatic nitrogens is 4. The highest BCUT2D eigenvalue weighted by Crippen LogP contribution is 2.29. The SMILES string of the molecule is O=c1c2cnn(-c3ccccc3)c2ncn1/N=C\c1cccc(C(F)(F)F)c1. The Morgan fingerprint density at radius 2 is 1.82 bits per heavy atom. The van der Waals surface area contributed by atoms with Gasteiger partial charge < -0.3 is 0 Å². The van der Waals surface area contributed by atoms with Crippen LogP contribution in [0.5, 0.6) is 0 Å². The fourth-order valence-electron chi connectivity index (χ4n) is 2.67. The second kappa shape index (κ2) is 6.76. The zero-order chi connectivity index (χ0) is 19.7. The van der Waals surface area contributed by atoms with Gasteiger partial charge >= 0.3 is 6.18 Å². The van der Waals surface area contributed by atoms with Gasteiger partial charge in [0, 0.05) is 0 Å². The molecular weight excluding hydrogens is 371 g/mol. The molecule has 0 aliphatic rings. The van der Waals surface area contributed by atoms with Crippen molar-refractivity contribution in [2.24, 2.45) is 5.10 Å². The van der Waals surface area contributed by atoms with Crippen molar-refractivity contribution in [3.8, 4) is 5.69 Å². The van der Waals surface area contributed by atoms with Crippen molar-refractivity contribution in [1.82, 2.24) is 19.4 Å². The molecule has 0 spiro atoms. The van der Waals surface area contributed by atoms with Gasteiger partial charge in [0.2, 0.25) is 0 Å². The van der Waals surface area contributed by atoms with E-state index in [0.29, 0.717) is 5.65 Å². The fourth-order valence-corrected chi connectivity index (χ4v) is 2.67. The van der Waals surface area contributed by atoms with Gasteiger partial charge in [-0.05, 0) is 29.8 Å². The normalized spacial score (nSPS) is 12.1. The molecular formula is C19H12F3N5O. The van der Waals surface area contributed by atoms with E-state index in [2.05, 4.69) is 15.2 Å². The second-order valence-corrected chi connectivity index (χ2v) is 5.89. The maximum absolute atomic E-state index is 12.8. The third kappa shape index (κ3) is 3.29. The Morgan fingerprint density at radius 1 is 1.04 bits per heavy atom. The first kappa shape index (κ1) is 17.7. The molecule has 0 saturated heterocycles. The number of rotatable bonds is 3. The number of alkyl halides is 3. The van der Waals surface area contributed by atoms with Gasteiger partial charge in [0.1, 0.15) is 11.7 Å². The molecule has 0 bridgehead atoms. The molecule has 6 nitrogen and oxygen atoms in total. The summed E-state index contributed by atoms with van der Waals surface area (Å²) >= 11 is 0. The van der Waals surface area contributed by atoms with Crippen LogP contribution in [-0.2, 0) is 6.18 Å². The van der Waals surface area contributed by atoms with Gasteiger partial charge in [0.05, 0.1) is 23.7 Å². The van der Waals surface area contributed by atoms with Gasteiger partial charge in [-0.1, -0.05) is 30.3 Å². The molecule has 0 amide bonds. The predicted octanol–water partition coefficient (Wildman–Crippen LogP) is 3.48. The van der Waals surface area contributed by atoms with Crippen LogP contribution in [0.25, 0.3) is 16.7 Å². The first-order valence-electron chi connectivity index (χ1n) is 8.16. The Hall–Kier alpha value is -3.75. The van der Waals surface area contributed by atoms with E-state index in [1.165, 1.54) is 35.6 Å². The molecule has 0 aliphatic heterocycles. The average molecular weight is 383 g/mol. The molecule has 0 atom stereocenters. The lowest BCUT2D eigenvalue weighted by atomic mass is 10.1. The third-order valence-corrected chi connectivity index (χ3v) is 4.02. The molecule has 140 valence electrons. The third-order valence-electron chi connectivity index (χ3n) is 4.02. The molecule has 2 aromatic heterocycles. The van der Waals surface area contributed by atoms with E-state index in [0.717, 1.165) is 22.5 Å². The first-order chi connectivity index (χ1) is 13.4. The second-order valence-electron chi connectivity index (χ2n) is 5.89. The van der Waals surface area contributed by atoms with E-state index in [-0.39, 0.29) is 10.9 Å². The van der Waals surface area contributed by atoms with Crippen LogP contribution < -0.4 is 5.56 Å². The number of halogens is 3. The summed E-state index contributed by atoms with van der Waals surface area (Å²) < 4.78 is 40.9. The zero-order valence-electron chi connectivity index (χ0n) is 14.2. The Labute approximate surface area is 156 Å². The highest BCUT2D eigenvalue weighted by molar-refractivity contribution is 5.80. The summed E-state index contributed by atoms with van der Waals surface area (Å²) in [5.41, 5.74) is 0.0510. The summed E-state index contributed by atoms with van der Waals surface area (Å²) in [7, 11) is 0. The standard InChI is InChI=1S/C19H12F3N5O/c20-19(21,22)14-6-4-5-13(9-14)10-24-26-12-23-17-16(18(26)28)11-25-27(17)15-7-2-1-3-8-15/h1-12H/b24-10-. The van der Waals surface area contributed by atoms with Crippen LogP contribution in [-0.4, -0.2) is 25.7 Å². The van der Waals surface area contributed by atoms with Crippen molar-refractivity contribution in [2.45, 2.75) is 6.18 Å². The molecule has 28 heavy (non-hydrogen) atoms. The topological polar surface area (TPSA) is 65.1 Å². The van der Waals surface area contributed by atoms with Crippen LogP contribution in [0.3, 0.4) is 0 Å². The van der Waals surface area contributed by atoms with E-state index < -0.39 is 17.3 Å². The van der Waals surface area contributed by atoms with Gasteiger partial charge in [-0.3, -0.25) is 4.79 Å². The molecule has 9 heteroatoms. The molecule has 0 radical (unpaired) electrons. The summed E-state index contributed by atoms with van der Waals surface area (Å²) in [4.78, 5) is 16.8. The molecule has 2 heterocycles. The van der Waals surface area contributed by atoms with Crippen LogP contribution in [0, 0.1) is 0 Å². The lowest BCUT2D eigenvalue weighted by Gasteiger charge is -2.06. The monoisotopic (exact) mass is 383 g/mol. The Balaban J connectivity index is 1.70. The summed E-state index contributed by atoms with van der Waals surface area (Å²) in [5.74, 6) is 0. The zero-order valence-corrected chi connectivity index (χ0v) is 14.2. The quantitative estimate of drug-likeness (QED) is 0.509. The predicted molar refractivity (Wildman–Crippen MR) is 97.6 cm³/mol. The molecule has 0 saturated carbocycles. The van der Waals surface area contributed by atoms with Gasteiger partial charge in [-0.2, -0.15) is 28.0 Å². The molecule has 4 rings (SSSR count). The molecule has 2 aromatic carbocycles. The average Bonchev–Trinajstić information content (AvgIpc) is 3.13. The fraction of sp³-hybridized carbons (Fsp3) is 0.0526. The molecule has 0 N–H and O–H groups in total. The number of hydrogen-bond acceptors (Lipinski definition) is 4. The molecule has 0 fully saturated rings. The minimum Gasteiger partial charge on any atom is -0.266 e. The van der Waals surface area contributed by atoms with Crippen molar-refractivity contribution in [3.63, 3.8) is 0 Å². The maximum Gasteiger partial charge on any atom is 0.416 e. The van der Waals surface area contributed by atoms with Gasteiger partial charge in [0.25, 0.3) is 5.56 Å². The highest BCUT2D eigenvalue weighted by Gasteiger charge is 2.30. The van der Waals surface area contributed by atoms with E-state index >= 15 is 0 Å². The van der Waals surface area contributed by atoms with Crippen molar-refractivity contribution < 1.29 is 13.2 Å². The van der Waals surface area contributed by atoms with Crippen molar-refractivity contribution >= 4 is 17.2 Å². The summed E-state index contributed by atoms with van der Waals surface area (Å²) in [6, 6.07) is 13.8. The van der Waals surface area contributed by atoms with Gasteiger partial charge in [-0.25, -0.2) is 9.67 Å². The van der Waals surface area contributed by atoms with Crippen LogP contribution in [0.2, 0.25) is 0 Å². The first-order valence-corrected chi connectivity index (χ1v) is 8.16. The minimum atomic E-state index is -4.45. The van der Waals surface area contributed by atoms with Gasteiger partial charge in [0.15, 0.2) is 5.65 Å². The summed E-state index contributed by atoms with van der Waals surface area (Å²) in [6.07, 6.45) is -0.692. The number of hydrogen-bond donors (Lipinski definition) is 0. The summed E-state index contributed by atoms with van der Waals surface area (Å²) in [6.45, 7) is 0. The lowest BCUT2D eigenvalue weighted by Crippen LogP contribution is -2.17. The number of nitrogens with zero attached hydrogens (tertiary/aromatic N) is 5. The number of para-hydroxylation sites is 1. The smallest absolute Gasteiger partial charge is 0.266 e. The van der Waals surface area contributed by atoms with E-state index in [1.807, 2.05) is 30.3 Å². The molecule has 0 aliphatic carbocycles. The maximum atomic E-state index is 12.8.